The Morgan fingerprint density at radius 2 is 1.63 bits per heavy atom. The van der Waals surface area contributed by atoms with Crippen molar-refractivity contribution in [3.63, 3.8) is 0 Å². The Balaban J connectivity index is -0.000000268. The molecular weight excluding hydrogens is 565 g/mol. The molecule has 1 aromatic rings. The predicted octanol–water partition coefficient (Wildman–Crippen LogP) is 8.24. The second-order valence-electron chi connectivity index (χ2n) is 9.93. The van der Waals surface area contributed by atoms with E-state index in [2.05, 4.69) is 69.5 Å². The lowest BCUT2D eigenvalue weighted by Gasteiger charge is -2.18. The molecule has 0 fully saturated rings. The zero-order chi connectivity index (χ0) is 34.1. The Morgan fingerprint density at radius 3 is 2.00 bits per heavy atom. The zero-order valence-corrected chi connectivity index (χ0v) is 29.4. The minimum absolute atomic E-state index is 0.141. The van der Waals surface area contributed by atoms with Crippen LogP contribution in [0, 0.1) is 5.92 Å². The van der Waals surface area contributed by atoms with Gasteiger partial charge in [-0.25, -0.2) is 0 Å². The monoisotopic (exact) mass is 625 g/mol. The van der Waals surface area contributed by atoms with E-state index < -0.39 is 8.38 Å². The van der Waals surface area contributed by atoms with Gasteiger partial charge in [0.1, 0.15) is 6.79 Å². The average molecular weight is 626 g/mol. The van der Waals surface area contributed by atoms with Gasteiger partial charge < -0.3 is 23.9 Å². The Hall–Kier alpha value is -2.67. The van der Waals surface area contributed by atoms with Crippen LogP contribution in [0.25, 0.3) is 0 Å². The Morgan fingerprint density at radius 1 is 1.02 bits per heavy atom. The molecule has 0 aliphatic rings. The average Bonchev–Trinajstić information content (AvgIpc) is 2.97. The maximum atomic E-state index is 12.2. The van der Waals surface area contributed by atoms with Gasteiger partial charge in [0, 0.05) is 24.7 Å². The van der Waals surface area contributed by atoms with E-state index in [1.54, 1.807) is 13.0 Å². The van der Waals surface area contributed by atoms with Crippen molar-refractivity contribution in [3.05, 3.63) is 59.7 Å². The van der Waals surface area contributed by atoms with Crippen LogP contribution in [0.1, 0.15) is 109 Å². The molecule has 1 amide bonds. The zero-order valence-electron chi connectivity index (χ0n) is 28.5. The first kappa shape index (κ1) is 47.3. The van der Waals surface area contributed by atoms with Crippen LogP contribution in [-0.2, 0) is 34.6 Å². The summed E-state index contributed by atoms with van der Waals surface area (Å²) in [5, 5.41) is 2.58. The summed E-state index contributed by atoms with van der Waals surface area (Å²) in [7, 11) is -0.910. The molecule has 8 nitrogen and oxygen atoms in total. The molecule has 1 rings (SSSR count). The molecule has 1 N–H and O–H groups in total. The normalized spacial score (nSPS) is 10.5. The predicted molar refractivity (Wildman–Crippen MR) is 182 cm³/mol. The first-order chi connectivity index (χ1) is 20.5. The first-order valence-corrected chi connectivity index (χ1v) is 16.3. The topological polar surface area (TPSA) is 108 Å². The smallest absolute Gasteiger partial charge is 0.293 e. The highest BCUT2D eigenvalue weighted by Crippen LogP contribution is 2.38. The first-order valence-electron chi connectivity index (χ1n) is 14.9. The summed E-state index contributed by atoms with van der Waals surface area (Å²) in [6, 6.07) is 6.44. The van der Waals surface area contributed by atoms with Gasteiger partial charge in [-0.1, -0.05) is 65.0 Å². The van der Waals surface area contributed by atoms with Crippen molar-refractivity contribution >= 4 is 33.8 Å². The SMILES string of the molecule is C/C=C\C.C=CCOP(CCNC=O)OC(C)C.C=O.CCCC(=O)c1cc(CC(C)C)ccc1C(C)C.CCOC=O. The number of Topliss-reactive ketones (excluding diaryl/α,β-unsaturated/α-hetero) is 1. The number of hydrogen-bond acceptors (Lipinski definition) is 7. The van der Waals surface area contributed by atoms with Gasteiger partial charge in [0.05, 0.1) is 19.3 Å². The number of benzene rings is 1. The number of ketones is 1. The number of allylic oxidation sites excluding steroid dienone is 2. The molecule has 0 aliphatic carbocycles. The summed E-state index contributed by atoms with van der Waals surface area (Å²) in [6.07, 6.45) is 9.84. The third kappa shape index (κ3) is 32.1. The van der Waals surface area contributed by atoms with Crippen molar-refractivity contribution in [1.29, 1.82) is 0 Å². The van der Waals surface area contributed by atoms with E-state index in [9.17, 15) is 14.4 Å². The maximum absolute atomic E-state index is 12.2. The molecular formula is C34H60NO7P. The van der Waals surface area contributed by atoms with Gasteiger partial charge in [-0.05, 0) is 76.5 Å². The number of rotatable bonds is 17. The molecule has 0 radical (unpaired) electrons. The molecule has 0 saturated heterocycles. The second-order valence-corrected chi connectivity index (χ2v) is 11.5. The molecule has 0 heterocycles. The number of amides is 1. The number of carbonyl (C=O) groups excluding carboxylic acids is 4. The Kier molecular flexibility index (Phi) is 39.1. The van der Waals surface area contributed by atoms with Crippen molar-refractivity contribution in [2.75, 3.05) is 25.9 Å². The molecule has 0 saturated carbocycles. The van der Waals surface area contributed by atoms with E-state index in [0.29, 0.717) is 62.8 Å². The Labute approximate surface area is 264 Å². The van der Waals surface area contributed by atoms with Crippen LogP contribution in [0.3, 0.4) is 0 Å². The Bertz CT molecular complexity index is 838. The molecule has 0 aliphatic heterocycles. The summed E-state index contributed by atoms with van der Waals surface area (Å²) < 4.78 is 15.1. The van der Waals surface area contributed by atoms with Gasteiger partial charge in [0.25, 0.3) is 6.47 Å². The lowest BCUT2D eigenvalue weighted by atomic mass is 9.90. The lowest BCUT2D eigenvalue weighted by Crippen LogP contribution is -2.16. The molecule has 0 bridgehead atoms. The molecule has 0 spiro atoms. The van der Waals surface area contributed by atoms with Crippen molar-refractivity contribution in [1.82, 2.24) is 5.32 Å². The van der Waals surface area contributed by atoms with Crippen LogP contribution in [0.2, 0.25) is 0 Å². The fourth-order valence-corrected chi connectivity index (χ4v) is 4.46. The minimum Gasteiger partial charge on any atom is -0.468 e. The van der Waals surface area contributed by atoms with E-state index in [-0.39, 0.29) is 6.10 Å². The van der Waals surface area contributed by atoms with E-state index in [1.807, 2.05) is 46.6 Å². The van der Waals surface area contributed by atoms with E-state index in [0.717, 1.165) is 18.4 Å². The fraction of sp³-hybridized carbons (Fsp3) is 0.588. The molecule has 1 atom stereocenters. The van der Waals surface area contributed by atoms with Crippen molar-refractivity contribution < 1.29 is 33.0 Å². The van der Waals surface area contributed by atoms with Gasteiger partial charge in [-0.15, -0.1) is 6.58 Å². The molecule has 1 aromatic carbocycles. The standard InChI is InChI=1S/C17H26O.C9H18NO3P.C4H8.C3H6O2.CH2O/c1-6-7-17(18)16-11-14(10-12(2)3)8-9-15(16)13(4)5;1-4-6-12-14(13-9(2)3)7-5-10-8-11;1-3-4-2;1-2-5-3-4;1-2/h8-9,11-13H,6-7,10H2,1-5H3;4,8-9H,1,5-7H2,2-3H3,(H,10,11);3-4H,1-2H3;3H,2H2,1H3;1H2/b;;4-3-;;. The third-order valence-electron chi connectivity index (χ3n) is 4.92. The second kappa shape index (κ2) is 35.5. The largest absolute Gasteiger partial charge is 0.468 e. The molecule has 248 valence electrons. The summed E-state index contributed by atoms with van der Waals surface area (Å²) in [6.45, 7) is 28.0. The highest BCUT2D eigenvalue weighted by Gasteiger charge is 2.14. The van der Waals surface area contributed by atoms with Gasteiger partial charge >= 0.3 is 0 Å². The van der Waals surface area contributed by atoms with Crippen LogP contribution in [-0.4, -0.2) is 57.5 Å². The van der Waals surface area contributed by atoms with E-state index in [1.165, 1.54) is 11.1 Å². The number of ether oxygens (including phenoxy) is 1. The molecule has 43 heavy (non-hydrogen) atoms. The van der Waals surface area contributed by atoms with Crippen molar-refractivity contribution in [2.24, 2.45) is 5.92 Å². The summed E-state index contributed by atoms with van der Waals surface area (Å²) in [5.41, 5.74) is 3.43. The van der Waals surface area contributed by atoms with Crippen molar-refractivity contribution in [2.45, 2.75) is 101 Å². The number of hydrogen-bond donors (Lipinski definition) is 1. The number of carbonyl (C=O) groups is 4. The van der Waals surface area contributed by atoms with Gasteiger partial charge in [0.2, 0.25) is 6.41 Å². The summed E-state index contributed by atoms with van der Waals surface area (Å²) in [5.74, 6) is 1.34. The van der Waals surface area contributed by atoms with Crippen LogP contribution in [0.5, 0.6) is 0 Å². The van der Waals surface area contributed by atoms with Crippen LogP contribution in [0.4, 0.5) is 0 Å². The van der Waals surface area contributed by atoms with Crippen LogP contribution in [0.15, 0.2) is 43.0 Å². The highest BCUT2D eigenvalue weighted by molar-refractivity contribution is 7.47. The third-order valence-corrected chi connectivity index (χ3v) is 6.60. The van der Waals surface area contributed by atoms with Gasteiger partial charge in [0.15, 0.2) is 14.2 Å². The van der Waals surface area contributed by atoms with Crippen LogP contribution >= 0.6 is 8.38 Å². The van der Waals surface area contributed by atoms with Gasteiger partial charge in [-0.2, -0.15) is 0 Å². The minimum atomic E-state index is -0.910. The van der Waals surface area contributed by atoms with E-state index >= 15 is 0 Å². The lowest BCUT2D eigenvalue weighted by molar-refractivity contribution is -0.128. The molecule has 1 unspecified atom stereocenters. The summed E-state index contributed by atoms with van der Waals surface area (Å²) in [4.78, 5) is 39.4. The molecule has 0 aromatic heterocycles. The number of nitrogens with one attached hydrogen (secondary N) is 1. The highest BCUT2D eigenvalue weighted by atomic mass is 31.2. The molecule has 9 heteroatoms. The quantitative estimate of drug-likeness (QED) is 0.0611. The maximum Gasteiger partial charge on any atom is 0.293 e. The summed E-state index contributed by atoms with van der Waals surface area (Å²) >= 11 is 0. The van der Waals surface area contributed by atoms with Gasteiger partial charge in [-0.3, -0.25) is 14.4 Å². The van der Waals surface area contributed by atoms with E-state index in [4.69, 9.17) is 13.8 Å². The van der Waals surface area contributed by atoms with Crippen molar-refractivity contribution in [3.8, 4) is 0 Å². The fourth-order valence-electron chi connectivity index (χ4n) is 3.11. The van der Waals surface area contributed by atoms with Crippen LogP contribution < -0.4 is 5.32 Å².